The lowest BCUT2D eigenvalue weighted by atomic mass is 10.2. The number of nitrogens with zero attached hydrogens (tertiary/aromatic N) is 5. The van der Waals surface area contributed by atoms with Crippen LogP contribution < -0.4 is 4.74 Å². The molecule has 0 atom stereocenters. The van der Waals surface area contributed by atoms with Crippen LogP contribution in [0.15, 0.2) is 58.2 Å². The Bertz CT molecular complexity index is 1110. The molecule has 0 amide bonds. The number of halogens is 1. The summed E-state index contributed by atoms with van der Waals surface area (Å²) in [4.78, 5) is 4.42. The Kier molecular flexibility index (Phi) is 5.31. The van der Waals surface area contributed by atoms with Crippen molar-refractivity contribution in [2.24, 2.45) is 7.05 Å². The van der Waals surface area contributed by atoms with Gasteiger partial charge in [-0.05, 0) is 24.3 Å². The Labute approximate surface area is 170 Å². The van der Waals surface area contributed by atoms with Gasteiger partial charge in [-0.2, -0.15) is 4.98 Å². The van der Waals surface area contributed by atoms with Crippen molar-refractivity contribution >= 4 is 23.4 Å². The Balaban J connectivity index is 1.51. The SMILES string of the molecule is COc1ccccc1-c1nnc(SCc2noc(-c3ccccc3Cl)n2)n1C. The van der Waals surface area contributed by atoms with Crippen LogP contribution in [0.1, 0.15) is 5.82 Å². The number of benzene rings is 2. The van der Waals surface area contributed by atoms with Crippen LogP contribution in [0.5, 0.6) is 5.75 Å². The second kappa shape index (κ2) is 8.04. The molecule has 0 spiro atoms. The lowest BCUT2D eigenvalue weighted by molar-refractivity contribution is 0.416. The highest BCUT2D eigenvalue weighted by atomic mass is 35.5. The van der Waals surface area contributed by atoms with E-state index < -0.39 is 0 Å². The van der Waals surface area contributed by atoms with E-state index in [-0.39, 0.29) is 0 Å². The van der Waals surface area contributed by atoms with E-state index in [0.29, 0.717) is 28.1 Å². The van der Waals surface area contributed by atoms with E-state index >= 15 is 0 Å². The Morgan fingerprint density at radius 1 is 1.07 bits per heavy atom. The highest BCUT2D eigenvalue weighted by Crippen LogP contribution is 2.31. The van der Waals surface area contributed by atoms with E-state index in [1.165, 1.54) is 11.8 Å². The summed E-state index contributed by atoms with van der Waals surface area (Å²) in [7, 11) is 3.55. The molecule has 0 aliphatic carbocycles. The van der Waals surface area contributed by atoms with Gasteiger partial charge in [-0.25, -0.2) is 0 Å². The largest absolute Gasteiger partial charge is 0.496 e. The minimum atomic E-state index is 0.397. The molecule has 0 bridgehead atoms. The van der Waals surface area contributed by atoms with Gasteiger partial charge in [0.15, 0.2) is 16.8 Å². The predicted octanol–water partition coefficient (Wildman–Crippen LogP) is 4.49. The summed E-state index contributed by atoms with van der Waals surface area (Å²) in [6.07, 6.45) is 0. The number of thioether (sulfide) groups is 1. The molecular formula is C19H16ClN5O2S. The maximum absolute atomic E-state index is 6.18. The molecule has 2 aromatic heterocycles. The Morgan fingerprint density at radius 2 is 1.82 bits per heavy atom. The first-order valence-electron chi connectivity index (χ1n) is 8.40. The topological polar surface area (TPSA) is 78.9 Å². The van der Waals surface area contributed by atoms with Crippen LogP contribution in [-0.4, -0.2) is 32.0 Å². The molecule has 142 valence electrons. The summed E-state index contributed by atoms with van der Waals surface area (Å²) in [6, 6.07) is 15.1. The van der Waals surface area contributed by atoms with E-state index in [1.54, 1.807) is 13.2 Å². The zero-order valence-electron chi connectivity index (χ0n) is 15.2. The van der Waals surface area contributed by atoms with Crippen LogP contribution >= 0.6 is 23.4 Å². The summed E-state index contributed by atoms with van der Waals surface area (Å²) in [5.74, 6) is 2.92. The molecule has 0 unspecified atom stereocenters. The van der Waals surface area contributed by atoms with Gasteiger partial charge < -0.3 is 13.8 Å². The number of methoxy groups -OCH3 is 1. The van der Waals surface area contributed by atoms with E-state index in [4.69, 9.17) is 20.9 Å². The minimum absolute atomic E-state index is 0.397. The van der Waals surface area contributed by atoms with Crippen LogP contribution in [0.2, 0.25) is 5.02 Å². The fraction of sp³-hybridized carbons (Fsp3) is 0.158. The third kappa shape index (κ3) is 3.61. The summed E-state index contributed by atoms with van der Waals surface area (Å²) >= 11 is 7.65. The maximum atomic E-state index is 6.18. The fourth-order valence-electron chi connectivity index (χ4n) is 2.69. The third-order valence-corrected chi connectivity index (χ3v) is 5.43. The van der Waals surface area contributed by atoms with Crippen molar-refractivity contribution < 1.29 is 9.26 Å². The molecule has 2 aromatic carbocycles. The monoisotopic (exact) mass is 413 g/mol. The van der Waals surface area contributed by atoms with Crippen molar-refractivity contribution in [3.8, 4) is 28.6 Å². The molecule has 0 N–H and O–H groups in total. The van der Waals surface area contributed by atoms with Crippen molar-refractivity contribution in [1.29, 1.82) is 0 Å². The molecule has 0 aliphatic heterocycles. The van der Waals surface area contributed by atoms with Gasteiger partial charge in [-0.1, -0.05) is 52.8 Å². The Morgan fingerprint density at radius 3 is 2.61 bits per heavy atom. The molecule has 0 fully saturated rings. The van der Waals surface area contributed by atoms with Crippen LogP contribution in [-0.2, 0) is 12.8 Å². The van der Waals surface area contributed by atoms with E-state index in [1.807, 2.05) is 54.1 Å². The molecular weight excluding hydrogens is 398 g/mol. The second-order valence-electron chi connectivity index (χ2n) is 5.85. The molecule has 0 radical (unpaired) electrons. The number of hydrogen-bond acceptors (Lipinski definition) is 7. The van der Waals surface area contributed by atoms with Crippen molar-refractivity contribution in [3.63, 3.8) is 0 Å². The minimum Gasteiger partial charge on any atom is -0.496 e. The standard InChI is InChI=1S/C19H16ClN5O2S/c1-25-17(13-8-4-6-10-15(13)26-2)22-23-19(25)28-11-16-21-18(27-24-16)12-7-3-5-9-14(12)20/h3-10H,11H2,1-2H3. The molecule has 2 heterocycles. The van der Waals surface area contributed by atoms with E-state index in [0.717, 1.165) is 22.3 Å². The predicted molar refractivity (Wildman–Crippen MR) is 107 cm³/mol. The van der Waals surface area contributed by atoms with Gasteiger partial charge in [-0.15, -0.1) is 10.2 Å². The molecule has 4 rings (SSSR count). The normalized spacial score (nSPS) is 11.0. The Hall–Kier alpha value is -2.84. The second-order valence-corrected chi connectivity index (χ2v) is 7.20. The number of aromatic nitrogens is 5. The van der Waals surface area contributed by atoms with Crippen LogP contribution in [0, 0.1) is 0 Å². The number of rotatable bonds is 6. The van der Waals surface area contributed by atoms with Gasteiger partial charge in [0.05, 0.1) is 29.0 Å². The molecule has 0 saturated heterocycles. The van der Waals surface area contributed by atoms with Gasteiger partial charge in [-0.3, -0.25) is 0 Å². The van der Waals surface area contributed by atoms with Gasteiger partial charge in [0.1, 0.15) is 5.75 Å². The van der Waals surface area contributed by atoms with Crippen molar-refractivity contribution in [2.75, 3.05) is 7.11 Å². The zero-order valence-corrected chi connectivity index (χ0v) is 16.7. The average Bonchev–Trinajstić information content (AvgIpc) is 3.33. The number of ether oxygens (including phenoxy) is 1. The van der Waals surface area contributed by atoms with Gasteiger partial charge >= 0.3 is 0 Å². The molecule has 0 aliphatic rings. The van der Waals surface area contributed by atoms with Crippen molar-refractivity contribution in [3.05, 3.63) is 59.4 Å². The molecule has 0 saturated carbocycles. The highest BCUT2D eigenvalue weighted by Gasteiger charge is 2.17. The van der Waals surface area contributed by atoms with E-state index in [2.05, 4.69) is 20.3 Å². The van der Waals surface area contributed by atoms with Crippen LogP contribution in [0.3, 0.4) is 0 Å². The first-order valence-corrected chi connectivity index (χ1v) is 9.77. The third-order valence-electron chi connectivity index (χ3n) is 4.09. The smallest absolute Gasteiger partial charge is 0.259 e. The first kappa shape index (κ1) is 18.5. The fourth-order valence-corrected chi connectivity index (χ4v) is 3.66. The lowest BCUT2D eigenvalue weighted by Gasteiger charge is -2.07. The van der Waals surface area contributed by atoms with Gasteiger partial charge in [0.2, 0.25) is 0 Å². The van der Waals surface area contributed by atoms with Crippen molar-refractivity contribution in [1.82, 2.24) is 24.9 Å². The van der Waals surface area contributed by atoms with E-state index in [9.17, 15) is 0 Å². The van der Waals surface area contributed by atoms with Crippen LogP contribution in [0.4, 0.5) is 0 Å². The zero-order chi connectivity index (χ0) is 19.5. The van der Waals surface area contributed by atoms with Gasteiger partial charge in [0.25, 0.3) is 5.89 Å². The average molecular weight is 414 g/mol. The summed E-state index contributed by atoms with van der Waals surface area (Å²) in [6.45, 7) is 0. The number of hydrogen-bond donors (Lipinski definition) is 0. The molecule has 4 aromatic rings. The molecule has 28 heavy (non-hydrogen) atoms. The van der Waals surface area contributed by atoms with Gasteiger partial charge in [0, 0.05) is 7.05 Å². The summed E-state index contributed by atoms with van der Waals surface area (Å²) < 4.78 is 12.7. The lowest BCUT2D eigenvalue weighted by Crippen LogP contribution is -1.97. The summed E-state index contributed by atoms with van der Waals surface area (Å²) in [5.41, 5.74) is 1.59. The quantitative estimate of drug-likeness (QED) is 0.431. The van der Waals surface area contributed by atoms with Crippen LogP contribution in [0.25, 0.3) is 22.8 Å². The summed E-state index contributed by atoms with van der Waals surface area (Å²) in [5, 5.41) is 13.9. The number of para-hydroxylation sites is 1. The molecule has 7 nitrogen and oxygen atoms in total. The highest BCUT2D eigenvalue weighted by molar-refractivity contribution is 7.98. The van der Waals surface area contributed by atoms with Crippen molar-refractivity contribution in [2.45, 2.75) is 10.9 Å². The molecule has 9 heteroatoms. The maximum Gasteiger partial charge on any atom is 0.259 e. The first-order chi connectivity index (χ1) is 13.7.